The lowest BCUT2D eigenvalue weighted by Crippen LogP contribution is -2.13. The second-order valence-corrected chi connectivity index (χ2v) is 3.21. The highest BCUT2D eigenvalue weighted by Crippen LogP contribution is 2.15. The average molecular weight is 254 g/mol. The molecule has 0 saturated heterocycles. The molecule has 0 aliphatic heterocycles. The molecular formula is C10H10N2O6-2. The third kappa shape index (κ3) is 3.96. The monoisotopic (exact) mass is 254 g/mol. The van der Waals surface area contributed by atoms with Crippen LogP contribution in [-0.4, -0.2) is 31.3 Å². The van der Waals surface area contributed by atoms with Gasteiger partial charge in [-0.15, -0.1) is 10.5 Å². The van der Waals surface area contributed by atoms with E-state index in [1.807, 2.05) is 0 Å². The van der Waals surface area contributed by atoms with Crippen LogP contribution in [-0.2, 0) is 0 Å². The van der Waals surface area contributed by atoms with Crippen molar-refractivity contribution in [1.82, 2.24) is 10.5 Å². The van der Waals surface area contributed by atoms with E-state index in [2.05, 4.69) is 0 Å². The SMILES string of the molecule is [O-]C(=CN(O)O)c1cccc(C([O-])=CN(O)O)c1. The number of rotatable bonds is 4. The van der Waals surface area contributed by atoms with E-state index in [9.17, 15) is 10.2 Å². The Hall–Kier alpha value is -2.26. The quantitative estimate of drug-likeness (QED) is 0.404. The Morgan fingerprint density at radius 2 is 1.28 bits per heavy atom. The van der Waals surface area contributed by atoms with Crippen LogP contribution < -0.4 is 10.2 Å². The van der Waals surface area contributed by atoms with Gasteiger partial charge < -0.3 is 10.2 Å². The Kier molecular flexibility index (Phi) is 4.52. The fraction of sp³-hybridized carbons (Fsp3) is 0. The minimum atomic E-state index is -0.737. The van der Waals surface area contributed by atoms with Gasteiger partial charge in [-0.05, 0) is 17.2 Å². The van der Waals surface area contributed by atoms with Gasteiger partial charge in [-0.25, -0.2) is 0 Å². The maximum absolute atomic E-state index is 11.4. The van der Waals surface area contributed by atoms with E-state index >= 15 is 0 Å². The lowest BCUT2D eigenvalue weighted by Gasteiger charge is -2.18. The summed E-state index contributed by atoms with van der Waals surface area (Å²) in [5, 5.41) is 55.8. The van der Waals surface area contributed by atoms with Gasteiger partial charge in [0.05, 0.1) is 12.4 Å². The predicted octanol–water partition coefficient (Wildman–Crippen LogP) is -0.835. The molecule has 0 fully saturated rings. The molecule has 0 aliphatic rings. The highest BCUT2D eigenvalue weighted by atomic mass is 16.8. The molecule has 8 heteroatoms. The van der Waals surface area contributed by atoms with Crippen LogP contribution in [0.5, 0.6) is 0 Å². The van der Waals surface area contributed by atoms with E-state index in [1.54, 1.807) is 0 Å². The van der Waals surface area contributed by atoms with Crippen molar-refractivity contribution < 1.29 is 31.0 Å². The summed E-state index contributed by atoms with van der Waals surface area (Å²) in [6, 6.07) is 5.27. The molecule has 0 amide bonds. The number of hydrogen-bond donors (Lipinski definition) is 4. The number of nitrogens with zero attached hydrogens (tertiary/aromatic N) is 2. The third-order valence-electron chi connectivity index (χ3n) is 1.90. The molecule has 18 heavy (non-hydrogen) atoms. The largest absolute Gasteiger partial charge is 0.871 e. The molecular weight excluding hydrogens is 244 g/mol. The van der Waals surface area contributed by atoms with Crippen LogP contribution in [0.15, 0.2) is 36.7 Å². The van der Waals surface area contributed by atoms with Gasteiger partial charge >= 0.3 is 0 Å². The van der Waals surface area contributed by atoms with Gasteiger partial charge in [0.15, 0.2) is 0 Å². The first-order chi connectivity index (χ1) is 8.40. The Labute approximate surface area is 102 Å². The zero-order chi connectivity index (χ0) is 13.7. The molecule has 0 atom stereocenters. The summed E-state index contributed by atoms with van der Waals surface area (Å²) in [4.78, 5) is 0. The predicted molar refractivity (Wildman–Crippen MR) is 53.2 cm³/mol. The van der Waals surface area contributed by atoms with Crippen LogP contribution in [0.3, 0.4) is 0 Å². The topological polar surface area (TPSA) is 134 Å². The molecule has 1 rings (SSSR count). The van der Waals surface area contributed by atoms with E-state index in [-0.39, 0.29) is 11.1 Å². The summed E-state index contributed by atoms with van der Waals surface area (Å²) in [7, 11) is 0. The molecule has 98 valence electrons. The van der Waals surface area contributed by atoms with Gasteiger partial charge in [-0.3, -0.25) is 20.8 Å². The molecule has 8 nitrogen and oxygen atoms in total. The van der Waals surface area contributed by atoms with Crippen LogP contribution in [0.25, 0.3) is 11.5 Å². The van der Waals surface area contributed by atoms with Gasteiger partial charge in [-0.2, -0.15) is 0 Å². The normalized spacial score (nSPS) is 12.4. The molecule has 0 saturated carbocycles. The van der Waals surface area contributed by atoms with Crippen molar-refractivity contribution in [1.29, 1.82) is 0 Å². The number of hydroxylamine groups is 4. The van der Waals surface area contributed by atoms with Crippen LogP contribution in [0, 0.1) is 0 Å². The summed E-state index contributed by atoms with van der Waals surface area (Å²) in [6.45, 7) is 0. The summed E-state index contributed by atoms with van der Waals surface area (Å²) in [5.74, 6) is -1.47. The van der Waals surface area contributed by atoms with Gasteiger partial charge in [0.2, 0.25) is 0 Å². The van der Waals surface area contributed by atoms with E-state index in [0.717, 1.165) is 0 Å². The van der Waals surface area contributed by atoms with Crippen molar-refractivity contribution in [2.45, 2.75) is 0 Å². The number of benzene rings is 1. The Balaban J connectivity index is 3.07. The summed E-state index contributed by atoms with van der Waals surface area (Å²) < 4.78 is 0. The molecule has 0 aromatic heterocycles. The molecule has 0 bridgehead atoms. The van der Waals surface area contributed by atoms with Crippen molar-refractivity contribution in [3.05, 3.63) is 47.8 Å². The Morgan fingerprint density at radius 1 is 0.889 bits per heavy atom. The zero-order valence-electron chi connectivity index (χ0n) is 8.96. The first-order valence-electron chi connectivity index (χ1n) is 4.62. The molecule has 0 spiro atoms. The first kappa shape index (κ1) is 13.8. The lowest BCUT2D eigenvalue weighted by molar-refractivity contribution is -0.283. The van der Waals surface area contributed by atoms with Crippen molar-refractivity contribution in [3.63, 3.8) is 0 Å². The molecule has 0 heterocycles. The minimum absolute atomic E-state index is 0.0322. The second kappa shape index (κ2) is 5.89. The lowest BCUT2D eigenvalue weighted by atomic mass is 10.1. The molecule has 0 radical (unpaired) electrons. The van der Waals surface area contributed by atoms with Gasteiger partial charge in [0.25, 0.3) is 0 Å². The highest BCUT2D eigenvalue weighted by molar-refractivity contribution is 5.64. The van der Waals surface area contributed by atoms with Gasteiger partial charge in [-0.1, -0.05) is 29.7 Å². The molecule has 4 N–H and O–H groups in total. The molecule has 1 aromatic carbocycles. The smallest absolute Gasteiger partial charge is 0.0509 e. The van der Waals surface area contributed by atoms with Crippen LogP contribution in [0.1, 0.15) is 11.1 Å². The maximum Gasteiger partial charge on any atom is 0.0509 e. The summed E-state index contributed by atoms with van der Waals surface area (Å²) in [5.41, 5.74) is 0.0644. The van der Waals surface area contributed by atoms with Crippen molar-refractivity contribution in [2.75, 3.05) is 0 Å². The van der Waals surface area contributed by atoms with Crippen LogP contribution >= 0.6 is 0 Å². The van der Waals surface area contributed by atoms with Crippen molar-refractivity contribution >= 4 is 11.5 Å². The van der Waals surface area contributed by atoms with Crippen LogP contribution in [0.4, 0.5) is 0 Å². The Morgan fingerprint density at radius 3 is 1.61 bits per heavy atom. The van der Waals surface area contributed by atoms with E-state index in [4.69, 9.17) is 20.8 Å². The van der Waals surface area contributed by atoms with Crippen molar-refractivity contribution in [2.24, 2.45) is 0 Å². The van der Waals surface area contributed by atoms with E-state index in [0.29, 0.717) is 12.4 Å². The number of hydrogen-bond acceptors (Lipinski definition) is 8. The van der Waals surface area contributed by atoms with Crippen molar-refractivity contribution in [3.8, 4) is 0 Å². The van der Waals surface area contributed by atoms with Gasteiger partial charge in [0, 0.05) is 0 Å². The minimum Gasteiger partial charge on any atom is -0.871 e. The van der Waals surface area contributed by atoms with E-state index in [1.165, 1.54) is 24.3 Å². The summed E-state index contributed by atoms with van der Waals surface area (Å²) >= 11 is 0. The standard InChI is InChI=1S/C10H12N2O6/c13-9(5-11(15)16)7-2-1-3-8(4-7)10(14)6-12(17)18/h1-6,13-18H/p-2. The fourth-order valence-corrected chi connectivity index (χ4v) is 1.18. The fourth-order valence-electron chi connectivity index (χ4n) is 1.18. The third-order valence-corrected chi connectivity index (χ3v) is 1.90. The van der Waals surface area contributed by atoms with Crippen LogP contribution in [0.2, 0.25) is 0 Å². The van der Waals surface area contributed by atoms with Gasteiger partial charge in [0.1, 0.15) is 0 Å². The first-order valence-corrected chi connectivity index (χ1v) is 4.62. The summed E-state index contributed by atoms with van der Waals surface area (Å²) in [6.07, 6.45) is 0.995. The molecule has 0 aliphatic carbocycles. The molecule has 0 unspecified atom stereocenters. The Bertz CT molecular complexity index is 430. The average Bonchev–Trinajstić information content (AvgIpc) is 2.27. The maximum atomic E-state index is 11.4. The zero-order valence-corrected chi connectivity index (χ0v) is 8.96. The molecule has 1 aromatic rings. The highest BCUT2D eigenvalue weighted by Gasteiger charge is 1.97. The second-order valence-electron chi connectivity index (χ2n) is 3.21. The van der Waals surface area contributed by atoms with E-state index < -0.39 is 22.0 Å².